The Morgan fingerprint density at radius 1 is 1.26 bits per heavy atom. The van der Waals surface area contributed by atoms with Crippen molar-refractivity contribution in [2.24, 2.45) is 0 Å². The molecule has 102 valence electrons. The first-order chi connectivity index (χ1) is 9.11. The molecule has 5 heteroatoms. The van der Waals surface area contributed by atoms with Gasteiger partial charge < -0.3 is 9.80 Å². The molecule has 0 saturated carbocycles. The second-order valence-electron chi connectivity index (χ2n) is 4.67. The SMILES string of the molecule is CC(=O)N1CCCN(c2ccc(Cl)cc2C=O)CC1. The lowest BCUT2D eigenvalue weighted by atomic mass is 10.1. The van der Waals surface area contributed by atoms with Gasteiger partial charge in [0.25, 0.3) is 0 Å². The minimum atomic E-state index is 0.105. The maximum absolute atomic E-state index is 11.4. The molecule has 1 fully saturated rings. The molecule has 1 heterocycles. The molecule has 4 nitrogen and oxygen atoms in total. The zero-order chi connectivity index (χ0) is 13.8. The molecule has 0 spiro atoms. The zero-order valence-corrected chi connectivity index (χ0v) is 11.7. The van der Waals surface area contributed by atoms with Gasteiger partial charge in [-0.15, -0.1) is 0 Å². The Kier molecular flexibility index (Phi) is 4.43. The molecule has 2 rings (SSSR count). The van der Waals surface area contributed by atoms with E-state index in [2.05, 4.69) is 4.90 Å². The normalized spacial score (nSPS) is 16.1. The highest BCUT2D eigenvalue weighted by atomic mass is 35.5. The zero-order valence-electron chi connectivity index (χ0n) is 10.9. The van der Waals surface area contributed by atoms with E-state index in [1.54, 1.807) is 19.1 Å². The molecule has 1 aliphatic rings. The molecule has 0 bridgehead atoms. The minimum absolute atomic E-state index is 0.105. The molecular formula is C14H17ClN2O2. The number of halogens is 1. The third kappa shape index (κ3) is 3.26. The van der Waals surface area contributed by atoms with Crippen LogP contribution in [0, 0.1) is 0 Å². The van der Waals surface area contributed by atoms with E-state index < -0.39 is 0 Å². The van der Waals surface area contributed by atoms with Gasteiger partial charge in [-0.3, -0.25) is 9.59 Å². The van der Waals surface area contributed by atoms with Crippen molar-refractivity contribution in [3.8, 4) is 0 Å². The van der Waals surface area contributed by atoms with E-state index in [0.717, 1.165) is 38.0 Å². The first-order valence-electron chi connectivity index (χ1n) is 6.37. The second-order valence-corrected chi connectivity index (χ2v) is 5.10. The van der Waals surface area contributed by atoms with Crippen molar-refractivity contribution in [3.63, 3.8) is 0 Å². The summed E-state index contributed by atoms with van der Waals surface area (Å²) >= 11 is 5.90. The number of rotatable bonds is 2. The van der Waals surface area contributed by atoms with Crippen LogP contribution in [0.3, 0.4) is 0 Å². The highest BCUT2D eigenvalue weighted by Gasteiger charge is 2.18. The van der Waals surface area contributed by atoms with Crippen LogP contribution in [0.4, 0.5) is 5.69 Å². The lowest BCUT2D eigenvalue weighted by Gasteiger charge is -2.24. The molecule has 1 saturated heterocycles. The third-order valence-electron chi connectivity index (χ3n) is 3.40. The molecule has 1 amide bonds. The van der Waals surface area contributed by atoms with Crippen LogP contribution in [0.2, 0.25) is 5.02 Å². The summed E-state index contributed by atoms with van der Waals surface area (Å²) in [5, 5.41) is 0.561. The predicted octanol–water partition coefficient (Wildman–Crippen LogP) is 2.21. The van der Waals surface area contributed by atoms with Crippen LogP contribution >= 0.6 is 11.6 Å². The molecule has 1 aromatic carbocycles. The van der Waals surface area contributed by atoms with Crippen LogP contribution < -0.4 is 4.90 Å². The van der Waals surface area contributed by atoms with Crippen LogP contribution in [0.25, 0.3) is 0 Å². The van der Waals surface area contributed by atoms with E-state index in [-0.39, 0.29) is 5.91 Å². The summed E-state index contributed by atoms with van der Waals surface area (Å²) in [5.74, 6) is 0.105. The smallest absolute Gasteiger partial charge is 0.219 e. The van der Waals surface area contributed by atoms with Crippen LogP contribution in [0.1, 0.15) is 23.7 Å². The number of carbonyl (C=O) groups excluding carboxylic acids is 2. The fraction of sp³-hybridized carbons (Fsp3) is 0.429. The van der Waals surface area contributed by atoms with Crippen molar-refractivity contribution >= 4 is 29.5 Å². The maximum atomic E-state index is 11.4. The van der Waals surface area contributed by atoms with Gasteiger partial charge in [0.1, 0.15) is 0 Å². The summed E-state index contributed by atoms with van der Waals surface area (Å²) < 4.78 is 0. The quantitative estimate of drug-likeness (QED) is 0.780. The second kappa shape index (κ2) is 6.06. The summed E-state index contributed by atoms with van der Waals surface area (Å²) in [6, 6.07) is 5.34. The van der Waals surface area contributed by atoms with Crippen molar-refractivity contribution in [1.29, 1.82) is 0 Å². The van der Waals surface area contributed by atoms with Gasteiger partial charge in [0.15, 0.2) is 6.29 Å². The molecular weight excluding hydrogens is 264 g/mol. The largest absolute Gasteiger partial charge is 0.369 e. The minimum Gasteiger partial charge on any atom is -0.369 e. The molecule has 1 aliphatic heterocycles. The molecule has 0 N–H and O–H groups in total. The van der Waals surface area contributed by atoms with Gasteiger partial charge in [0, 0.05) is 49.4 Å². The van der Waals surface area contributed by atoms with Crippen molar-refractivity contribution in [3.05, 3.63) is 28.8 Å². The molecule has 0 radical (unpaired) electrons. The predicted molar refractivity (Wildman–Crippen MR) is 75.9 cm³/mol. The number of hydrogen-bond donors (Lipinski definition) is 0. The van der Waals surface area contributed by atoms with Gasteiger partial charge in [-0.05, 0) is 24.6 Å². The van der Waals surface area contributed by atoms with Crippen LogP contribution in [-0.2, 0) is 4.79 Å². The number of anilines is 1. The topological polar surface area (TPSA) is 40.6 Å². The van der Waals surface area contributed by atoms with E-state index in [1.165, 1.54) is 0 Å². The summed E-state index contributed by atoms with van der Waals surface area (Å²) in [5.41, 5.74) is 1.49. The van der Waals surface area contributed by atoms with Crippen LogP contribution in [0.5, 0.6) is 0 Å². The molecule has 0 aromatic heterocycles. The van der Waals surface area contributed by atoms with Crippen molar-refractivity contribution in [2.75, 3.05) is 31.1 Å². The van der Waals surface area contributed by atoms with Gasteiger partial charge in [0.05, 0.1) is 0 Å². The van der Waals surface area contributed by atoms with Crippen molar-refractivity contribution in [1.82, 2.24) is 4.90 Å². The van der Waals surface area contributed by atoms with Crippen LogP contribution in [-0.4, -0.2) is 43.3 Å². The van der Waals surface area contributed by atoms with Gasteiger partial charge in [-0.1, -0.05) is 11.6 Å². The van der Waals surface area contributed by atoms with Gasteiger partial charge in [-0.2, -0.15) is 0 Å². The van der Waals surface area contributed by atoms with E-state index in [0.29, 0.717) is 17.1 Å². The Morgan fingerprint density at radius 3 is 2.74 bits per heavy atom. The number of nitrogens with zero attached hydrogens (tertiary/aromatic N) is 2. The van der Waals surface area contributed by atoms with Gasteiger partial charge in [-0.25, -0.2) is 0 Å². The summed E-state index contributed by atoms with van der Waals surface area (Å²) in [6.07, 6.45) is 1.73. The summed E-state index contributed by atoms with van der Waals surface area (Å²) in [4.78, 5) is 26.5. The number of amides is 1. The van der Waals surface area contributed by atoms with E-state index in [4.69, 9.17) is 11.6 Å². The fourth-order valence-corrected chi connectivity index (χ4v) is 2.56. The molecule has 0 atom stereocenters. The fourth-order valence-electron chi connectivity index (χ4n) is 2.38. The highest BCUT2D eigenvalue weighted by Crippen LogP contribution is 2.24. The Hall–Kier alpha value is -1.55. The average Bonchev–Trinajstić information content (AvgIpc) is 2.64. The first kappa shape index (κ1) is 13.9. The first-order valence-corrected chi connectivity index (χ1v) is 6.75. The Bertz CT molecular complexity index is 490. The summed E-state index contributed by atoms with van der Waals surface area (Å²) in [7, 11) is 0. The van der Waals surface area contributed by atoms with Crippen LogP contribution in [0.15, 0.2) is 18.2 Å². The Balaban J connectivity index is 2.18. The number of aldehydes is 1. The van der Waals surface area contributed by atoms with Gasteiger partial charge in [0.2, 0.25) is 5.91 Å². The molecule has 0 aliphatic carbocycles. The Labute approximate surface area is 117 Å². The number of benzene rings is 1. The van der Waals surface area contributed by atoms with E-state index in [9.17, 15) is 9.59 Å². The van der Waals surface area contributed by atoms with Crippen molar-refractivity contribution in [2.45, 2.75) is 13.3 Å². The number of hydrogen-bond acceptors (Lipinski definition) is 3. The van der Waals surface area contributed by atoms with E-state index >= 15 is 0 Å². The van der Waals surface area contributed by atoms with E-state index in [1.807, 2.05) is 11.0 Å². The lowest BCUT2D eigenvalue weighted by Crippen LogP contribution is -2.33. The van der Waals surface area contributed by atoms with Crippen molar-refractivity contribution < 1.29 is 9.59 Å². The monoisotopic (exact) mass is 280 g/mol. The molecule has 1 aromatic rings. The third-order valence-corrected chi connectivity index (χ3v) is 3.63. The lowest BCUT2D eigenvalue weighted by molar-refractivity contribution is -0.128. The average molecular weight is 281 g/mol. The standard InChI is InChI=1S/C14H17ClN2O2/c1-11(19)16-5-2-6-17(8-7-16)14-4-3-13(15)9-12(14)10-18/h3-4,9-10H,2,5-8H2,1H3. The molecule has 0 unspecified atom stereocenters. The maximum Gasteiger partial charge on any atom is 0.219 e. The Morgan fingerprint density at radius 2 is 2.05 bits per heavy atom. The number of carbonyl (C=O) groups is 2. The highest BCUT2D eigenvalue weighted by molar-refractivity contribution is 6.31. The summed E-state index contributed by atoms with van der Waals surface area (Å²) in [6.45, 7) is 4.63. The van der Waals surface area contributed by atoms with Gasteiger partial charge >= 0.3 is 0 Å². The molecule has 19 heavy (non-hydrogen) atoms.